The van der Waals surface area contributed by atoms with Crippen molar-refractivity contribution in [2.45, 2.75) is 64.3 Å². The lowest BCUT2D eigenvalue weighted by atomic mass is 9.92. The second-order valence-electron chi connectivity index (χ2n) is 15.9. The van der Waals surface area contributed by atoms with Crippen molar-refractivity contribution in [2.75, 3.05) is 95.7 Å². The summed E-state index contributed by atoms with van der Waals surface area (Å²) in [6.45, 7) is 11.8. The number of benzene rings is 2. The molecule has 16 heteroatoms. The lowest BCUT2D eigenvalue weighted by molar-refractivity contribution is -0.418. The summed E-state index contributed by atoms with van der Waals surface area (Å²) in [7, 11) is 1.42. The number of ether oxygens (including phenoxy) is 3. The summed E-state index contributed by atoms with van der Waals surface area (Å²) in [5.41, 5.74) is 3.46. The molecule has 0 radical (unpaired) electrons. The van der Waals surface area contributed by atoms with Crippen molar-refractivity contribution in [3.8, 4) is 0 Å². The first kappa shape index (κ1) is 39.2. The maximum atomic E-state index is 15.3. The van der Waals surface area contributed by atoms with Crippen LogP contribution in [0.4, 0.5) is 20.6 Å². The average molecular weight is 781 g/mol. The topological polar surface area (TPSA) is 124 Å². The number of carbonyl (C=O) groups is 2. The zero-order valence-corrected chi connectivity index (χ0v) is 32.8. The number of hydroxylamine groups is 2. The number of amides is 2. The van der Waals surface area contributed by atoms with Crippen molar-refractivity contribution < 1.29 is 37.9 Å². The Morgan fingerprint density at radius 1 is 0.696 bits per heavy atom. The zero-order chi connectivity index (χ0) is 38.8. The summed E-state index contributed by atoms with van der Waals surface area (Å²) >= 11 is 0. The molecule has 6 aliphatic rings. The molecule has 0 bridgehead atoms. The van der Waals surface area contributed by atoms with Gasteiger partial charge in [-0.3, -0.25) is 25.1 Å². The van der Waals surface area contributed by atoms with E-state index in [9.17, 15) is 9.59 Å². The van der Waals surface area contributed by atoms with Crippen LogP contribution in [0, 0.1) is 23.6 Å². The van der Waals surface area contributed by atoms with E-state index in [0.717, 1.165) is 55.6 Å². The standard InChI is InChI=1S/C40H57FN8O7/c1-27(2)39(50)46-14-10-28(11-15-46)36-43-38(31-6-9-33(41)34(26-31)45-20-24-54-25-21-45)56-49(36)48-35(29-12-16-47(17-13-29)40(51)52-3)42-37(55-48)30-4-7-32(8-5-30)44-18-22-53-23-19-44/h4-9,26-29,35-38,42-43H,10-25H2,1-3H3. The number of morpholine rings is 2. The molecule has 2 N–H and O–H groups in total. The molecule has 2 aromatic carbocycles. The smallest absolute Gasteiger partial charge is 0.409 e. The lowest BCUT2D eigenvalue weighted by Crippen LogP contribution is -2.58. The Labute approximate surface area is 328 Å². The summed E-state index contributed by atoms with van der Waals surface area (Å²) in [4.78, 5) is 47.3. The van der Waals surface area contributed by atoms with E-state index in [0.29, 0.717) is 71.4 Å². The van der Waals surface area contributed by atoms with Gasteiger partial charge in [-0.2, -0.15) is 0 Å². The van der Waals surface area contributed by atoms with Crippen molar-refractivity contribution in [1.29, 1.82) is 0 Å². The van der Waals surface area contributed by atoms with E-state index < -0.39 is 12.5 Å². The first-order valence-corrected chi connectivity index (χ1v) is 20.4. The van der Waals surface area contributed by atoms with E-state index >= 15 is 4.39 Å². The highest BCUT2D eigenvalue weighted by molar-refractivity contribution is 5.78. The Morgan fingerprint density at radius 2 is 1.20 bits per heavy atom. The van der Waals surface area contributed by atoms with E-state index in [1.54, 1.807) is 11.0 Å². The molecule has 306 valence electrons. The SMILES string of the molecule is COC(=O)N1CCC(C2NC(c3ccc(N4CCOCC4)cc3)ON2N2OC(c3ccc(F)c(N4CCOCC4)c3)NC2C2CCN(C(=O)C(C)C)CC2)CC1. The summed E-state index contributed by atoms with van der Waals surface area (Å²) in [5, 5.41) is 11.3. The lowest BCUT2D eigenvalue weighted by Gasteiger charge is -2.42. The molecule has 6 saturated heterocycles. The minimum absolute atomic E-state index is 0.0604. The van der Waals surface area contributed by atoms with Crippen molar-refractivity contribution in [2.24, 2.45) is 17.8 Å². The quantitative estimate of drug-likeness (QED) is 0.404. The Balaban J connectivity index is 1.08. The monoisotopic (exact) mass is 780 g/mol. The Morgan fingerprint density at radius 3 is 1.73 bits per heavy atom. The molecule has 2 aromatic rings. The minimum atomic E-state index is -0.590. The van der Waals surface area contributed by atoms with E-state index in [2.05, 4.69) is 39.8 Å². The van der Waals surface area contributed by atoms with Crippen LogP contribution in [0.15, 0.2) is 42.5 Å². The van der Waals surface area contributed by atoms with Gasteiger partial charge in [0, 0.05) is 64.0 Å². The zero-order valence-electron chi connectivity index (χ0n) is 32.8. The van der Waals surface area contributed by atoms with E-state index in [4.69, 9.17) is 23.9 Å². The van der Waals surface area contributed by atoms with Gasteiger partial charge < -0.3 is 33.8 Å². The third-order valence-corrected chi connectivity index (χ3v) is 12.1. The predicted molar refractivity (Wildman–Crippen MR) is 205 cm³/mol. The largest absolute Gasteiger partial charge is 0.453 e. The van der Waals surface area contributed by atoms with Gasteiger partial charge in [-0.15, -0.1) is 0 Å². The molecule has 0 saturated carbocycles. The number of likely N-dealkylation sites (tertiary alicyclic amines) is 2. The van der Waals surface area contributed by atoms with Gasteiger partial charge in [0.15, 0.2) is 12.5 Å². The van der Waals surface area contributed by atoms with Gasteiger partial charge in [-0.05, 0) is 72.9 Å². The highest BCUT2D eigenvalue weighted by Crippen LogP contribution is 2.41. The maximum Gasteiger partial charge on any atom is 0.409 e. The van der Waals surface area contributed by atoms with Gasteiger partial charge in [0.2, 0.25) is 5.91 Å². The highest BCUT2D eigenvalue weighted by Gasteiger charge is 2.51. The van der Waals surface area contributed by atoms with Gasteiger partial charge in [0.05, 0.1) is 39.2 Å². The van der Waals surface area contributed by atoms with Crippen LogP contribution in [0.25, 0.3) is 0 Å². The summed E-state index contributed by atoms with van der Waals surface area (Å²) in [5.74, 6) is 0.0596. The van der Waals surface area contributed by atoms with Gasteiger partial charge >= 0.3 is 6.09 Å². The van der Waals surface area contributed by atoms with Crippen LogP contribution in [-0.2, 0) is 28.7 Å². The molecule has 0 aliphatic carbocycles. The third-order valence-electron chi connectivity index (χ3n) is 12.1. The molecule has 56 heavy (non-hydrogen) atoms. The number of carbonyl (C=O) groups excluding carboxylic acids is 2. The first-order valence-electron chi connectivity index (χ1n) is 20.4. The predicted octanol–water partition coefficient (Wildman–Crippen LogP) is 3.81. The van der Waals surface area contributed by atoms with Gasteiger partial charge in [0.1, 0.15) is 18.1 Å². The average Bonchev–Trinajstić information content (AvgIpc) is 3.90. The van der Waals surface area contributed by atoms with Crippen molar-refractivity contribution in [3.05, 3.63) is 59.4 Å². The fourth-order valence-electron chi connectivity index (χ4n) is 8.88. The van der Waals surface area contributed by atoms with Gasteiger partial charge in [-0.25, -0.2) is 9.18 Å². The van der Waals surface area contributed by atoms with Gasteiger partial charge in [0.25, 0.3) is 0 Å². The Bertz CT molecular complexity index is 1650. The van der Waals surface area contributed by atoms with Crippen molar-refractivity contribution in [3.63, 3.8) is 0 Å². The molecule has 6 heterocycles. The second kappa shape index (κ2) is 17.5. The first-order chi connectivity index (χ1) is 27.3. The molecule has 8 rings (SSSR count). The van der Waals surface area contributed by atoms with Crippen molar-refractivity contribution in [1.82, 2.24) is 30.8 Å². The fourth-order valence-corrected chi connectivity index (χ4v) is 8.88. The molecule has 0 aromatic heterocycles. The molecule has 4 unspecified atom stereocenters. The molecule has 2 amide bonds. The van der Waals surface area contributed by atoms with E-state index in [1.807, 2.05) is 40.1 Å². The molecular weight excluding hydrogens is 723 g/mol. The number of rotatable bonds is 8. The van der Waals surface area contributed by atoms with Crippen LogP contribution in [0.2, 0.25) is 0 Å². The maximum absolute atomic E-state index is 15.3. The molecule has 0 spiro atoms. The Hall–Kier alpha value is -3.61. The van der Waals surface area contributed by atoms with Crippen LogP contribution in [-0.4, -0.2) is 130 Å². The number of anilines is 2. The Kier molecular flexibility index (Phi) is 12.2. The van der Waals surface area contributed by atoms with E-state index in [-0.39, 0.29) is 47.9 Å². The van der Waals surface area contributed by atoms with E-state index in [1.165, 1.54) is 13.2 Å². The van der Waals surface area contributed by atoms with Crippen LogP contribution in [0.3, 0.4) is 0 Å². The molecule has 4 atom stereocenters. The van der Waals surface area contributed by atoms with Crippen molar-refractivity contribution >= 4 is 23.4 Å². The van der Waals surface area contributed by atoms with Crippen LogP contribution in [0.1, 0.15) is 63.1 Å². The molecule has 6 aliphatic heterocycles. The minimum Gasteiger partial charge on any atom is -0.453 e. The number of hydrazine groups is 1. The third kappa shape index (κ3) is 8.34. The van der Waals surface area contributed by atoms with Crippen LogP contribution in [0.5, 0.6) is 0 Å². The second-order valence-corrected chi connectivity index (χ2v) is 15.9. The number of halogens is 1. The molecule has 15 nitrogen and oxygen atoms in total. The molecular formula is C40H57FN8O7. The summed E-state index contributed by atoms with van der Waals surface area (Å²) in [6.07, 6.45) is 1.06. The normalized spacial score (nSPS) is 27.7. The van der Waals surface area contributed by atoms with Gasteiger partial charge in [-0.1, -0.05) is 42.4 Å². The van der Waals surface area contributed by atoms with Crippen LogP contribution < -0.4 is 20.4 Å². The van der Waals surface area contributed by atoms with Crippen LogP contribution >= 0.6 is 0 Å². The number of piperidine rings is 2. The fraction of sp³-hybridized carbons (Fsp3) is 0.650. The number of hydrogen-bond acceptors (Lipinski definition) is 13. The number of methoxy groups -OCH3 is 1. The summed E-state index contributed by atoms with van der Waals surface area (Å²) in [6, 6.07) is 13.7. The number of nitrogens with one attached hydrogen (secondary N) is 2. The summed E-state index contributed by atoms with van der Waals surface area (Å²) < 4.78 is 31.5. The number of hydrogen-bond donors (Lipinski definition) is 2. The highest BCUT2D eigenvalue weighted by atomic mass is 19.1. The molecule has 6 fully saturated rings. The number of nitrogens with zero attached hydrogens (tertiary/aromatic N) is 6.